The van der Waals surface area contributed by atoms with E-state index in [0.717, 1.165) is 45.8 Å². The van der Waals surface area contributed by atoms with Gasteiger partial charge in [0.1, 0.15) is 11.2 Å². The average molecular weight is 1080 g/mol. The van der Waals surface area contributed by atoms with E-state index in [-0.39, 0.29) is 58.4 Å². The Hall–Kier alpha value is -4.75. The normalized spacial score (nSPS) is 10.4. The fourth-order valence-electron chi connectivity index (χ4n) is 3.68. The van der Waals surface area contributed by atoms with Gasteiger partial charge < -0.3 is 90.2 Å². The molecule has 2 aromatic heterocycles. The maximum absolute atomic E-state index is 10.1. The summed E-state index contributed by atoms with van der Waals surface area (Å²) in [6.45, 7) is 5.35. The number of aromatic amines is 2. The van der Waals surface area contributed by atoms with Gasteiger partial charge in [-0.15, -0.1) is 0 Å². The van der Waals surface area contributed by atoms with Gasteiger partial charge in [-0.1, -0.05) is 0 Å². The van der Waals surface area contributed by atoms with Crippen LogP contribution in [0.5, 0.6) is 0 Å². The topological polar surface area (TPSA) is 459 Å². The van der Waals surface area contributed by atoms with Crippen LogP contribution in [-0.4, -0.2) is 128 Å². The number of carboxylic acids is 6. The van der Waals surface area contributed by atoms with E-state index in [1.165, 1.54) is 0 Å². The smallest absolute Gasteiger partial charge is 0.550 e. The van der Waals surface area contributed by atoms with Gasteiger partial charge in [0, 0.05) is 98.1 Å². The number of nitrogens with zero attached hydrogens (tertiary/aromatic N) is 6. The second-order valence-corrected chi connectivity index (χ2v) is 13.5. The van der Waals surface area contributed by atoms with Crippen molar-refractivity contribution in [2.45, 2.75) is 62.2 Å². The Bertz CT molecular complexity index is 1690. The number of carbonyl (C=O) groups excluding carboxylic acids is 6. The number of thioether (sulfide) groups is 2. The zero-order valence-electron chi connectivity index (χ0n) is 34.6. The van der Waals surface area contributed by atoms with Crippen molar-refractivity contribution >= 4 is 71.3 Å². The monoisotopic (exact) mass is 1070 g/mol. The van der Waals surface area contributed by atoms with Crippen LogP contribution in [-0.2, 0) is 98.7 Å². The number of hydrogen-bond acceptors (Lipinski definition) is 22. The molecule has 31 heteroatoms. The number of nitriles is 2. The number of carbonyl (C=O) groups is 6. The average Bonchev–Trinajstić information content (AvgIpc) is 3.75. The number of aliphatic hydroxyl groups is 2. The summed E-state index contributed by atoms with van der Waals surface area (Å²) in [7, 11) is 3.45. The van der Waals surface area contributed by atoms with Crippen LogP contribution in [0.3, 0.4) is 0 Å². The molecule has 0 bridgehead atoms. The summed E-state index contributed by atoms with van der Waals surface area (Å²) in [6, 6.07) is 0. The fourth-order valence-corrected chi connectivity index (χ4v) is 5.38. The predicted octanol–water partition coefficient (Wildman–Crippen LogP) is -9.32. The van der Waals surface area contributed by atoms with Crippen molar-refractivity contribution in [2.24, 2.45) is 9.98 Å². The number of aliphatic carboxylic acids is 6. The number of aromatic nitrogens is 4. The Morgan fingerprint density at radius 1 is 0.651 bits per heavy atom. The summed E-state index contributed by atoms with van der Waals surface area (Å²) in [6.07, 6.45) is 1.63. The van der Waals surface area contributed by atoms with Gasteiger partial charge in [-0.2, -0.15) is 34.0 Å². The number of aryl methyl sites for hydroxylation is 2. The van der Waals surface area contributed by atoms with Crippen molar-refractivity contribution in [3.63, 3.8) is 0 Å². The molecule has 0 unspecified atom stereocenters. The van der Waals surface area contributed by atoms with Crippen LogP contribution in [0.15, 0.2) is 22.6 Å². The summed E-state index contributed by atoms with van der Waals surface area (Å²) in [5, 5.41) is 105. The van der Waals surface area contributed by atoms with Crippen LogP contribution in [0, 0.1) is 36.8 Å². The fraction of sp³-hybridized carbons (Fsp3) is 0.500. The van der Waals surface area contributed by atoms with E-state index in [2.05, 4.69) is 51.2 Å². The molecule has 332 valence electrons. The molecule has 0 fully saturated rings. The van der Waals surface area contributed by atoms with Crippen LogP contribution in [0.4, 0.5) is 0 Å². The molecule has 0 saturated heterocycles. The van der Waals surface area contributed by atoms with E-state index in [1.807, 2.05) is 26.2 Å². The van der Waals surface area contributed by atoms with Crippen LogP contribution < -0.4 is 51.9 Å². The number of H-pyrrole nitrogens is 2. The number of carboxylic acid groups (broad SMARTS) is 6. The molecule has 0 radical (unpaired) electrons. The third-order valence-electron chi connectivity index (χ3n) is 6.69. The van der Waals surface area contributed by atoms with Gasteiger partial charge in [0.15, 0.2) is 12.4 Å². The molecular weight excluding hydrogens is 1040 g/mol. The number of hydrogen-bond donors (Lipinski definition) is 8. The first-order chi connectivity index (χ1) is 28.1. The van der Waals surface area contributed by atoms with Gasteiger partial charge in [-0.3, -0.25) is 20.6 Å². The second kappa shape index (κ2) is 37.8. The van der Waals surface area contributed by atoms with Crippen LogP contribution in [0.2, 0.25) is 0 Å². The van der Waals surface area contributed by atoms with E-state index in [4.69, 9.17) is 20.7 Å². The van der Waals surface area contributed by atoms with Crippen molar-refractivity contribution in [3.05, 3.63) is 35.4 Å². The van der Waals surface area contributed by atoms with Gasteiger partial charge in [-0.05, 0) is 13.8 Å². The first-order valence-electron chi connectivity index (χ1n) is 16.7. The van der Waals surface area contributed by atoms with Crippen molar-refractivity contribution in [2.75, 3.05) is 38.7 Å². The maximum Gasteiger partial charge on any atom is 2.00 e. The summed E-state index contributed by atoms with van der Waals surface area (Å²) < 4.78 is 0. The van der Waals surface area contributed by atoms with Gasteiger partial charge in [0.25, 0.3) is 0 Å². The first-order valence-corrected chi connectivity index (χ1v) is 19.0. The van der Waals surface area contributed by atoms with E-state index in [0.29, 0.717) is 25.0 Å². The Labute approximate surface area is 407 Å². The number of aliphatic imine (C=N–C) groups is 2. The molecule has 0 aliphatic rings. The number of guanidine groups is 2. The maximum atomic E-state index is 10.1. The SMILES string of the molecule is CNC(=NCCSCc1nc[nH]c1C)NC#N.CNC(=NCCSCc1nc[nH]c1C)NC#N.O=C([O-])CC(O)(CC(=O)[O-])C(=O)[O-].O=C([O-])CC(O)(CC(=O)[O-])C(=O)[O-].[Zn+2].[Zn+2].[Zn+2]. The number of nitrogens with one attached hydrogen (secondary N) is 6. The van der Waals surface area contributed by atoms with Crippen molar-refractivity contribution in [1.29, 1.82) is 10.5 Å². The zero-order chi connectivity index (χ0) is 46.3. The van der Waals surface area contributed by atoms with Crippen molar-refractivity contribution < 1.29 is 128 Å². The quantitative estimate of drug-likeness (QED) is 0.0152. The van der Waals surface area contributed by atoms with Gasteiger partial charge in [0.2, 0.25) is 11.9 Å². The van der Waals surface area contributed by atoms with E-state index in [1.54, 1.807) is 50.3 Å². The molecule has 0 atom stereocenters. The second-order valence-electron chi connectivity index (χ2n) is 11.3. The van der Waals surface area contributed by atoms with Crippen LogP contribution >= 0.6 is 23.5 Å². The molecule has 2 rings (SSSR count). The molecule has 0 spiro atoms. The number of rotatable bonds is 20. The molecule has 0 aliphatic heterocycles. The minimum atomic E-state index is -2.97. The van der Waals surface area contributed by atoms with Crippen molar-refractivity contribution in [3.8, 4) is 12.4 Å². The van der Waals surface area contributed by atoms with Crippen LogP contribution in [0.1, 0.15) is 48.5 Å². The Morgan fingerprint density at radius 2 is 0.937 bits per heavy atom. The minimum absolute atomic E-state index is 0. The summed E-state index contributed by atoms with van der Waals surface area (Å²) in [5.41, 5.74) is -1.55. The van der Waals surface area contributed by atoms with E-state index in [9.17, 15) is 59.4 Å². The Balaban J connectivity index is -0.000000236. The molecule has 0 aromatic carbocycles. The first kappa shape index (κ1) is 67.3. The Kier molecular flexibility index (Phi) is 40.4. The summed E-state index contributed by atoms with van der Waals surface area (Å²) >= 11 is 3.54. The standard InChI is InChI=1S/2C10H16N6S.2C6H8O7.3Zn/c2*1-8-9(16-7-15-8)5-17-4-3-13-10(12-2)14-6-11;2*7-3(8)1-6(13,5(11)12)2-4(9)10;;;/h2*7H,3-5H2,1-2H3,(H,15,16)(H2,12,13,14);2*13H,1-2H2,(H,7,8)(H,9,10)(H,11,12);;;/q;;;;3*+2/p-6. The zero-order valence-corrected chi connectivity index (χ0v) is 45.2. The molecule has 2 aromatic rings. The molecule has 0 amide bonds. The van der Waals surface area contributed by atoms with Gasteiger partial charge in [0.05, 0.1) is 49.1 Å². The summed E-state index contributed by atoms with van der Waals surface area (Å²) in [5.74, 6) is -7.41. The van der Waals surface area contributed by atoms with Crippen molar-refractivity contribution in [1.82, 2.24) is 41.2 Å². The van der Waals surface area contributed by atoms with Gasteiger partial charge in [-0.25, -0.2) is 9.97 Å². The molecule has 0 saturated carbocycles. The number of imidazole rings is 2. The molecule has 8 N–H and O–H groups in total. The predicted molar refractivity (Wildman–Crippen MR) is 198 cm³/mol. The minimum Gasteiger partial charge on any atom is -0.550 e. The molecule has 2 heterocycles. The third kappa shape index (κ3) is 32.6. The van der Waals surface area contributed by atoms with E-state index >= 15 is 0 Å². The molecular formula is C32H42N12O14S2Zn3. The third-order valence-corrected chi connectivity index (χ3v) is 8.58. The molecule has 0 aliphatic carbocycles. The molecule has 26 nitrogen and oxygen atoms in total. The van der Waals surface area contributed by atoms with Crippen LogP contribution in [0.25, 0.3) is 0 Å². The van der Waals surface area contributed by atoms with Gasteiger partial charge >= 0.3 is 58.4 Å². The molecule has 63 heavy (non-hydrogen) atoms. The Morgan fingerprint density at radius 3 is 1.13 bits per heavy atom. The summed E-state index contributed by atoms with van der Waals surface area (Å²) in [4.78, 5) is 82.9. The largest absolute Gasteiger partial charge is 2.00 e. The van der Waals surface area contributed by atoms with E-state index < -0.39 is 72.7 Å².